The van der Waals surface area contributed by atoms with Crippen molar-refractivity contribution in [1.29, 1.82) is 5.41 Å². The van der Waals surface area contributed by atoms with Gasteiger partial charge in [-0.2, -0.15) is 0 Å². The fourth-order valence-corrected chi connectivity index (χ4v) is 15.4. The number of fused-ring (bicyclic) bond motifs is 2. The van der Waals surface area contributed by atoms with Crippen LogP contribution in [0.4, 0.5) is 0 Å². The van der Waals surface area contributed by atoms with Crippen LogP contribution in [0.2, 0.25) is 0 Å². The summed E-state index contributed by atoms with van der Waals surface area (Å²) in [4.78, 5) is 247. The highest BCUT2D eigenvalue weighted by Gasteiger charge is 2.40. The van der Waals surface area contributed by atoms with Crippen LogP contribution in [0, 0.1) is 23.2 Å². The third kappa shape index (κ3) is 32.7. The van der Waals surface area contributed by atoms with Crippen molar-refractivity contribution in [3.63, 3.8) is 0 Å². The molecule has 4 aromatic rings. The average molecular weight is 1750 g/mol. The lowest BCUT2D eigenvalue weighted by molar-refractivity contribution is -0.137. The minimum Gasteiger partial charge on any atom is -0.391 e. The molecule has 31 N–H and O–H groups in total. The van der Waals surface area contributed by atoms with Crippen LogP contribution in [0.1, 0.15) is 137 Å². The third-order valence-corrected chi connectivity index (χ3v) is 22.5. The van der Waals surface area contributed by atoms with Crippen LogP contribution in [-0.2, 0) is 94.3 Å². The van der Waals surface area contributed by atoms with Gasteiger partial charge in [0.25, 0.3) is 0 Å². The fourth-order valence-electron chi connectivity index (χ4n) is 13.0. The number of amides is 17. The number of hydrogen-bond acceptors (Lipinski definition) is 23. The lowest BCUT2D eigenvalue weighted by Gasteiger charge is -2.30. The topological polar surface area (TPSA) is 702 Å². The Morgan fingerprint density at radius 1 is 0.484 bits per heavy atom. The molecule has 1 fully saturated rings. The first kappa shape index (κ1) is 101. The predicted molar refractivity (Wildman–Crippen MR) is 455 cm³/mol. The minimum absolute atomic E-state index is 0.00434. The Labute approximate surface area is 713 Å². The average Bonchev–Trinajstić information content (AvgIpc) is 1.66. The highest BCUT2D eigenvalue weighted by atomic mass is 33.1. The number of carbonyl (C=O) groups excluding carboxylic acids is 17. The maximum atomic E-state index is 15.1. The molecule has 1 aliphatic heterocycles. The Morgan fingerprint density at radius 3 is 1.39 bits per heavy atom. The number of primary amides is 3. The van der Waals surface area contributed by atoms with Crippen molar-refractivity contribution in [2.45, 2.75) is 224 Å². The summed E-state index contributed by atoms with van der Waals surface area (Å²) in [5.41, 5.74) is 36.6. The number of carbonyl (C=O) groups is 17. The number of aromatic nitrogens is 2. The molecule has 1 saturated heterocycles. The molecule has 42 nitrogen and oxygen atoms in total. The van der Waals surface area contributed by atoms with Crippen molar-refractivity contribution in [3.05, 3.63) is 72.1 Å². The standard InChI is InChI=1S/C78H120N24O18S2/c1-9-40(6)63-76(119)102-64(41(7)103)77(120)94-52(25-26-58(81)105)69(112)98-56(65(83)108)36-121-122-37-57(90-42(8)104)73(116)92-51(24-17-29-86-78(84)85)68(111)96-53(30-43-33-87-47-20-12-10-18-45(43)47)71(114)100-61(38(2)3)74(117)93-50(22-14-15-27-79)70(113)99-62(39(4)5)75(118)97-55(32-59(82)106)66(109)89-35-60(107)91-49(23-16-28-80)67(110)95-54(72(115)101-63)31-44-34-88-48-21-13-11-19-46(44)48/h10-13,18-21,33-34,38-41,49-57,61-64,87-88,103H,9,14-17,22-32,35-37,79-80H2,1-8H3,(H2,81,105)(H2,82,106)(H2,83,108)(H,89,109)(H,90,104)(H,91,107)(H,92,116)(H,93,117)(H,94,120)(H,95,110)(H,96,111)(H,97,118)(H,98,112)(H,99,113)(H,100,114)(H,101,115)(H,102,119)(H4,84,85,86)/t40-,41+,49-,50-,51-,52-,53-,54-,55-,56-,57-,61-,62-,63-,64-/m0/s1. The molecule has 0 unspecified atom stereocenters. The van der Waals surface area contributed by atoms with Gasteiger partial charge in [-0.25, -0.2) is 0 Å². The quantitative estimate of drug-likeness (QED) is 0.0115. The monoisotopic (exact) mass is 1740 g/mol. The second-order valence-corrected chi connectivity index (χ2v) is 33.1. The molecule has 5 rings (SSSR count). The SMILES string of the molecule is CC[C@H](C)[C@@H]1NC(=O)[C@H](Cc2c[nH]c3ccccc23)NC(=O)[C@H](CCCN)NC(=O)CNC(=O)[C@H](CC(N)=O)NC(=O)[C@H](C(C)C)NC(=O)[C@H](CCCCN)NC(=O)[C@H](C(C)C)NC(=O)[C@H](Cc2c[nH]c3ccccc23)NC(=O)[C@H](CCCNC(=N)N)NC(=O)[C@@H](NC(C)=O)CSSC[C@@H](C(N)=O)NC(=O)[C@H](CCC(N)=O)NC(=O)[C@H]([C@@H](C)O)NC1=O. The lowest BCUT2D eigenvalue weighted by atomic mass is 9.96. The van der Waals surface area contributed by atoms with Gasteiger partial charge in [-0.3, -0.25) is 86.9 Å². The minimum atomic E-state index is -1.92. The second kappa shape index (κ2) is 50.6. The van der Waals surface area contributed by atoms with E-state index in [0.717, 1.165) is 35.4 Å². The van der Waals surface area contributed by atoms with Crippen LogP contribution in [0.3, 0.4) is 0 Å². The van der Waals surface area contributed by atoms with Crippen LogP contribution in [0.5, 0.6) is 0 Å². The smallest absolute Gasteiger partial charge is 0.245 e. The van der Waals surface area contributed by atoms with Gasteiger partial charge in [0, 0.05) is 78.4 Å². The number of rotatable bonds is 27. The van der Waals surface area contributed by atoms with Gasteiger partial charge >= 0.3 is 0 Å². The van der Waals surface area contributed by atoms with Crippen LogP contribution in [0.25, 0.3) is 21.8 Å². The van der Waals surface area contributed by atoms with E-state index in [1.807, 2.05) is 0 Å². The van der Waals surface area contributed by atoms with Crippen molar-refractivity contribution in [1.82, 2.24) is 89.7 Å². The maximum absolute atomic E-state index is 15.1. The molecular weight excluding hydrogens is 1630 g/mol. The van der Waals surface area contributed by atoms with E-state index in [2.05, 4.69) is 89.7 Å². The summed E-state index contributed by atoms with van der Waals surface area (Å²) in [6, 6.07) is -6.58. The molecular formula is C78H120N24O18S2. The number of H-pyrrole nitrogens is 2. The highest BCUT2D eigenvalue weighted by Crippen LogP contribution is 2.26. The summed E-state index contributed by atoms with van der Waals surface area (Å²) >= 11 is 0. The van der Waals surface area contributed by atoms with Crippen molar-refractivity contribution >= 4 is 150 Å². The van der Waals surface area contributed by atoms with Crippen molar-refractivity contribution in [3.8, 4) is 0 Å². The van der Waals surface area contributed by atoms with Crippen LogP contribution < -0.4 is 114 Å². The first-order chi connectivity index (χ1) is 57.8. The Morgan fingerprint density at radius 2 is 0.910 bits per heavy atom. The number of aliphatic hydroxyl groups excluding tert-OH is 1. The fraction of sp³-hybridized carbons (Fsp3) is 0.564. The van der Waals surface area contributed by atoms with Gasteiger partial charge in [-0.05, 0) is 112 Å². The van der Waals surface area contributed by atoms with Gasteiger partial charge in [0.2, 0.25) is 100 Å². The van der Waals surface area contributed by atoms with Gasteiger partial charge in [0.15, 0.2) is 5.96 Å². The molecule has 15 atom stereocenters. The largest absolute Gasteiger partial charge is 0.391 e. The van der Waals surface area contributed by atoms with E-state index in [-0.39, 0.29) is 88.9 Å². The highest BCUT2D eigenvalue weighted by molar-refractivity contribution is 8.76. The lowest BCUT2D eigenvalue weighted by Crippen LogP contribution is -2.62. The molecule has 44 heteroatoms. The number of aliphatic hydroxyl groups is 1. The van der Waals surface area contributed by atoms with Crippen molar-refractivity contribution in [2.75, 3.05) is 37.7 Å². The number of nitrogens with one attached hydrogen (secondary N) is 18. The Kier molecular flexibility index (Phi) is 41.8. The molecule has 672 valence electrons. The van der Waals surface area contributed by atoms with Crippen LogP contribution in [0.15, 0.2) is 60.9 Å². The molecule has 0 bridgehead atoms. The molecule has 0 spiro atoms. The number of unbranched alkanes of at least 4 members (excludes halogenated alkanes) is 1. The summed E-state index contributed by atoms with van der Waals surface area (Å²) in [6.45, 7) is 11.0. The number of hydrogen-bond donors (Lipinski definition) is 25. The first-order valence-electron chi connectivity index (χ1n) is 40.3. The van der Waals surface area contributed by atoms with Gasteiger partial charge in [0.1, 0.15) is 78.5 Å². The Bertz CT molecular complexity index is 4330. The summed E-state index contributed by atoms with van der Waals surface area (Å²) in [7, 11) is 1.76. The third-order valence-electron chi connectivity index (χ3n) is 20.0. The Balaban J connectivity index is 1.61. The molecule has 3 heterocycles. The van der Waals surface area contributed by atoms with E-state index in [4.69, 9.17) is 39.8 Å². The van der Waals surface area contributed by atoms with E-state index >= 15 is 4.79 Å². The molecule has 0 aliphatic carbocycles. The number of guanidine groups is 1. The zero-order valence-electron chi connectivity index (χ0n) is 69.7. The summed E-state index contributed by atoms with van der Waals surface area (Å²) in [5, 5.41) is 58.7. The van der Waals surface area contributed by atoms with Crippen LogP contribution >= 0.6 is 21.6 Å². The summed E-state index contributed by atoms with van der Waals surface area (Å²) in [5.74, 6) is -20.3. The Hall–Kier alpha value is -11.6. The van der Waals surface area contributed by atoms with Crippen LogP contribution in [-0.4, -0.2) is 244 Å². The maximum Gasteiger partial charge on any atom is 0.245 e. The summed E-state index contributed by atoms with van der Waals surface area (Å²) in [6.07, 6.45) is -0.440. The van der Waals surface area contributed by atoms with E-state index in [9.17, 15) is 81.8 Å². The number of benzene rings is 2. The summed E-state index contributed by atoms with van der Waals surface area (Å²) < 4.78 is 0. The van der Waals surface area contributed by atoms with Gasteiger partial charge in [0.05, 0.1) is 19.1 Å². The molecule has 17 amide bonds. The van der Waals surface area contributed by atoms with Gasteiger partial charge in [-0.15, -0.1) is 0 Å². The van der Waals surface area contributed by atoms with E-state index in [1.165, 1.54) is 0 Å². The number of para-hydroxylation sites is 2. The van der Waals surface area contributed by atoms with Crippen molar-refractivity contribution < 1.29 is 86.6 Å². The van der Waals surface area contributed by atoms with Crippen molar-refractivity contribution in [2.24, 2.45) is 52.2 Å². The molecule has 2 aromatic carbocycles. The van der Waals surface area contributed by atoms with Gasteiger partial charge < -0.3 is 129 Å². The molecule has 2 aromatic heterocycles. The second-order valence-electron chi connectivity index (χ2n) is 30.6. The zero-order chi connectivity index (χ0) is 90.6. The zero-order valence-corrected chi connectivity index (χ0v) is 71.3. The number of nitrogens with two attached hydrogens (primary N) is 6. The van der Waals surface area contributed by atoms with E-state index in [1.54, 1.807) is 102 Å². The molecule has 0 radical (unpaired) electrons. The molecule has 1 aliphatic rings. The molecule has 0 saturated carbocycles. The number of aromatic amines is 2. The predicted octanol–water partition coefficient (Wildman–Crippen LogP) is -5.24. The van der Waals surface area contributed by atoms with E-state index in [0.29, 0.717) is 39.4 Å². The van der Waals surface area contributed by atoms with Gasteiger partial charge in [-0.1, -0.05) is 106 Å². The molecule has 122 heavy (non-hydrogen) atoms. The first-order valence-corrected chi connectivity index (χ1v) is 42.8. The normalized spacial score (nSPS) is 24.1. The van der Waals surface area contributed by atoms with E-state index < -0.39 is 235 Å².